The second-order valence-corrected chi connectivity index (χ2v) is 3.36. The molecule has 0 spiro atoms. The van der Waals surface area contributed by atoms with Gasteiger partial charge in [-0.25, -0.2) is 8.60 Å². The molecule has 0 fully saturated rings. The van der Waals surface area contributed by atoms with E-state index in [9.17, 15) is 8.60 Å². The van der Waals surface area contributed by atoms with E-state index in [1.165, 1.54) is 18.3 Å². The largest absolute Gasteiger partial charge is 0.288 e. The van der Waals surface area contributed by atoms with Crippen molar-refractivity contribution in [2.45, 2.75) is 12.8 Å². The van der Waals surface area contributed by atoms with Crippen LogP contribution in [0.2, 0.25) is 0 Å². The predicted molar refractivity (Wildman–Crippen MR) is 54.0 cm³/mol. The lowest BCUT2D eigenvalue weighted by Gasteiger charge is -1.96. The first-order valence-electron chi connectivity index (χ1n) is 4.06. The summed E-state index contributed by atoms with van der Waals surface area (Å²) in [5.41, 5.74) is 0.974. The standard InChI is InChI=1S/C9H10FNO2S/c10-9-5-3-8(4-6-9)2-1-7-11-14(12)13/h3-7H,1-2H2,(H,12,13). The summed E-state index contributed by atoms with van der Waals surface area (Å²) >= 11 is -2.12. The normalized spacial score (nSPS) is 13.3. The molecule has 0 aromatic heterocycles. The van der Waals surface area contributed by atoms with Gasteiger partial charge in [0.15, 0.2) is 0 Å². The Morgan fingerprint density at radius 1 is 1.43 bits per heavy atom. The Bertz CT molecular complexity index is 337. The minimum Gasteiger partial charge on any atom is -0.288 e. The summed E-state index contributed by atoms with van der Waals surface area (Å²) < 4.78 is 34.2. The van der Waals surface area contributed by atoms with Gasteiger partial charge in [-0.3, -0.25) is 4.55 Å². The van der Waals surface area contributed by atoms with Gasteiger partial charge in [-0.2, -0.15) is 4.40 Å². The lowest BCUT2D eigenvalue weighted by Crippen LogP contribution is -1.88. The van der Waals surface area contributed by atoms with Crippen LogP contribution in [0.25, 0.3) is 0 Å². The average Bonchev–Trinajstić information content (AvgIpc) is 2.15. The summed E-state index contributed by atoms with van der Waals surface area (Å²) in [6, 6.07) is 6.13. The first kappa shape index (κ1) is 11.0. The maximum Gasteiger partial charge on any atom is 0.281 e. The molecule has 0 bridgehead atoms. The molecule has 76 valence electrons. The van der Waals surface area contributed by atoms with Gasteiger partial charge in [-0.15, -0.1) is 0 Å². The zero-order valence-electron chi connectivity index (χ0n) is 7.39. The van der Waals surface area contributed by atoms with Crippen molar-refractivity contribution in [3.8, 4) is 0 Å². The molecule has 1 N–H and O–H groups in total. The number of nitrogens with zero attached hydrogens (tertiary/aromatic N) is 1. The number of rotatable bonds is 4. The molecule has 1 aromatic rings. The molecule has 0 saturated carbocycles. The van der Waals surface area contributed by atoms with Crippen LogP contribution in [0.3, 0.4) is 0 Å². The van der Waals surface area contributed by atoms with Crippen LogP contribution in [0.5, 0.6) is 0 Å². The van der Waals surface area contributed by atoms with Crippen LogP contribution >= 0.6 is 0 Å². The average molecular weight is 215 g/mol. The lowest BCUT2D eigenvalue weighted by atomic mass is 10.1. The Labute approximate surface area is 84.1 Å². The fraction of sp³-hybridized carbons (Fsp3) is 0.222. The molecule has 0 aliphatic rings. The second kappa shape index (κ2) is 5.62. The highest BCUT2D eigenvalue weighted by Crippen LogP contribution is 2.04. The van der Waals surface area contributed by atoms with Crippen molar-refractivity contribution < 1.29 is 13.2 Å². The third-order valence-corrected chi connectivity index (χ3v) is 1.97. The molecule has 0 heterocycles. The minimum absolute atomic E-state index is 0.265. The van der Waals surface area contributed by atoms with E-state index in [-0.39, 0.29) is 5.82 Å². The van der Waals surface area contributed by atoms with Crippen LogP contribution in [0, 0.1) is 5.82 Å². The Morgan fingerprint density at radius 3 is 2.64 bits per heavy atom. The van der Waals surface area contributed by atoms with Gasteiger partial charge < -0.3 is 0 Å². The fourth-order valence-electron chi connectivity index (χ4n) is 0.999. The van der Waals surface area contributed by atoms with Crippen LogP contribution in [0.4, 0.5) is 4.39 Å². The molecular weight excluding hydrogens is 205 g/mol. The molecule has 0 aliphatic heterocycles. The van der Waals surface area contributed by atoms with Crippen molar-refractivity contribution in [1.29, 1.82) is 0 Å². The van der Waals surface area contributed by atoms with Crippen LogP contribution in [-0.4, -0.2) is 15.0 Å². The molecular formula is C9H10FNO2S. The smallest absolute Gasteiger partial charge is 0.281 e. The molecule has 3 nitrogen and oxygen atoms in total. The van der Waals surface area contributed by atoms with E-state index in [4.69, 9.17) is 4.55 Å². The van der Waals surface area contributed by atoms with Gasteiger partial charge in [0.1, 0.15) is 5.82 Å². The van der Waals surface area contributed by atoms with E-state index in [0.29, 0.717) is 12.8 Å². The molecule has 0 saturated heterocycles. The summed E-state index contributed by atoms with van der Waals surface area (Å²) in [6.07, 6.45) is 2.64. The van der Waals surface area contributed by atoms with Crippen molar-refractivity contribution in [2.75, 3.05) is 0 Å². The Morgan fingerprint density at radius 2 is 2.07 bits per heavy atom. The monoisotopic (exact) mass is 215 g/mol. The predicted octanol–water partition coefficient (Wildman–Crippen LogP) is 1.97. The first-order valence-corrected chi connectivity index (χ1v) is 5.13. The van der Waals surface area contributed by atoms with E-state index >= 15 is 0 Å². The highest BCUT2D eigenvalue weighted by Gasteiger charge is 1.92. The van der Waals surface area contributed by atoms with Crippen molar-refractivity contribution >= 4 is 17.5 Å². The maximum atomic E-state index is 12.5. The van der Waals surface area contributed by atoms with E-state index in [2.05, 4.69) is 4.40 Å². The van der Waals surface area contributed by atoms with Crippen LogP contribution in [-0.2, 0) is 17.7 Å². The van der Waals surface area contributed by atoms with Crippen LogP contribution in [0.15, 0.2) is 28.7 Å². The first-order chi connectivity index (χ1) is 6.68. The van der Waals surface area contributed by atoms with Crippen LogP contribution in [0.1, 0.15) is 12.0 Å². The highest BCUT2D eigenvalue weighted by atomic mass is 32.2. The number of benzene rings is 1. The summed E-state index contributed by atoms with van der Waals surface area (Å²) in [4.78, 5) is 0. The molecule has 0 aliphatic carbocycles. The van der Waals surface area contributed by atoms with Crippen LogP contribution < -0.4 is 0 Å². The highest BCUT2D eigenvalue weighted by molar-refractivity contribution is 7.77. The lowest BCUT2D eigenvalue weighted by molar-refractivity contribution is 0.566. The molecule has 5 heteroatoms. The quantitative estimate of drug-likeness (QED) is 0.616. The summed E-state index contributed by atoms with van der Waals surface area (Å²) in [7, 11) is 0. The Hall–Kier alpha value is -1.07. The van der Waals surface area contributed by atoms with E-state index in [1.54, 1.807) is 12.1 Å². The van der Waals surface area contributed by atoms with Crippen molar-refractivity contribution in [3.63, 3.8) is 0 Å². The molecule has 14 heavy (non-hydrogen) atoms. The van der Waals surface area contributed by atoms with Gasteiger partial charge in [0.25, 0.3) is 11.3 Å². The zero-order valence-corrected chi connectivity index (χ0v) is 8.21. The number of hydrogen-bond donors (Lipinski definition) is 1. The van der Waals surface area contributed by atoms with Crippen molar-refractivity contribution in [3.05, 3.63) is 35.6 Å². The molecule has 1 unspecified atom stereocenters. The zero-order chi connectivity index (χ0) is 10.4. The Kier molecular flexibility index (Phi) is 4.42. The third kappa shape index (κ3) is 4.25. The molecule has 1 rings (SSSR count). The molecule has 0 amide bonds. The van der Waals surface area contributed by atoms with Gasteiger partial charge in [0.2, 0.25) is 0 Å². The van der Waals surface area contributed by atoms with Gasteiger partial charge in [-0.05, 0) is 30.5 Å². The van der Waals surface area contributed by atoms with E-state index in [0.717, 1.165) is 5.56 Å². The third-order valence-electron chi connectivity index (χ3n) is 1.64. The number of hydrogen-bond acceptors (Lipinski definition) is 1. The topological polar surface area (TPSA) is 49.7 Å². The SMILES string of the molecule is O=S(O)N=CCCc1ccc(F)cc1. The second-order valence-electron chi connectivity index (χ2n) is 2.68. The summed E-state index contributed by atoms with van der Waals surface area (Å²) in [5, 5.41) is 0. The number of halogens is 1. The van der Waals surface area contributed by atoms with Gasteiger partial charge in [0.05, 0.1) is 0 Å². The van der Waals surface area contributed by atoms with E-state index < -0.39 is 11.3 Å². The Balaban J connectivity index is 2.39. The van der Waals surface area contributed by atoms with Gasteiger partial charge in [0, 0.05) is 6.21 Å². The maximum absolute atomic E-state index is 12.5. The molecule has 0 radical (unpaired) electrons. The van der Waals surface area contributed by atoms with Gasteiger partial charge in [-0.1, -0.05) is 12.1 Å². The number of aryl methyl sites for hydroxylation is 1. The molecule has 1 aromatic carbocycles. The van der Waals surface area contributed by atoms with Gasteiger partial charge >= 0.3 is 0 Å². The van der Waals surface area contributed by atoms with E-state index in [1.807, 2.05) is 0 Å². The minimum atomic E-state index is -2.12. The summed E-state index contributed by atoms with van der Waals surface area (Å²) in [6.45, 7) is 0. The van der Waals surface area contributed by atoms with Crippen molar-refractivity contribution in [2.24, 2.45) is 4.40 Å². The summed E-state index contributed by atoms with van der Waals surface area (Å²) in [5.74, 6) is -0.265. The van der Waals surface area contributed by atoms with Crippen molar-refractivity contribution in [1.82, 2.24) is 0 Å². The molecule has 1 atom stereocenters. The fourth-order valence-corrected chi connectivity index (χ4v) is 1.23.